The number of nitrogens with zero attached hydrogens (tertiary/aromatic N) is 1. The van der Waals surface area contributed by atoms with Gasteiger partial charge < -0.3 is 5.32 Å². The molecule has 1 aromatic heterocycles. The summed E-state index contributed by atoms with van der Waals surface area (Å²) in [5.41, 5.74) is 3.79. The number of hydrogen-bond acceptors (Lipinski definition) is 3. The van der Waals surface area contributed by atoms with Gasteiger partial charge in [-0.2, -0.15) is 0 Å². The van der Waals surface area contributed by atoms with Crippen LogP contribution in [0, 0.1) is 0 Å². The number of aromatic nitrogens is 1. The number of aryl methyl sites for hydroxylation is 1. The normalized spacial score (nSPS) is 10.7. The molecule has 0 saturated carbocycles. The summed E-state index contributed by atoms with van der Waals surface area (Å²) >= 11 is 1.73. The molecule has 2 nitrogen and oxygen atoms in total. The summed E-state index contributed by atoms with van der Waals surface area (Å²) in [5.74, 6) is 0. The van der Waals surface area contributed by atoms with Gasteiger partial charge >= 0.3 is 0 Å². The van der Waals surface area contributed by atoms with Crippen LogP contribution >= 0.6 is 11.3 Å². The van der Waals surface area contributed by atoms with E-state index in [0.29, 0.717) is 0 Å². The molecule has 0 aliphatic heterocycles. The molecule has 0 fully saturated rings. The smallest absolute Gasteiger partial charge is 0.123 e. The molecule has 17 heavy (non-hydrogen) atoms. The number of benzene rings is 1. The molecule has 1 N–H and O–H groups in total. The van der Waals surface area contributed by atoms with Gasteiger partial charge in [-0.25, -0.2) is 4.98 Å². The van der Waals surface area contributed by atoms with Crippen molar-refractivity contribution in [1.29, 1.82) is 0 Å². The minimum absolute atomic E-state index is 0.862. The lowest BCUT2D eigenvalue weighted by Gasteiger charge is -2.03. The highest BCUT2D eigenvalue weighted by Gasteiger charge is 2.07. The molecule has 0 saturated heterocycles. The van der Waals surface area contributed by atoms with Crippen molar-refractivity contribution in [3.63, 3.8) is 0 Å². The molecule has 0 radical (unpaired) electrons. The highest BCUT2D eigenvalue weighted by Crippen LogP contribution is 2.27. The Bertz CT molecular complexity index is 477. The standard InChI is InChI=1S/C14H18N2S/c1-3-11-7-5-6-8-13(11)14-16-12(10-17-14)9-15-4-2/h5-8,10,15H,3-4,9H2,1-2H3. The third kappa shape index (κ3) is 2.93. The molecular formula is C14H18N2S. The Morgan fingerprint density at radius 2 is 2.06 bits per heavy atom. The molecule has 0 spiro atoms. The Balaban J connectivity index is 2.24. The second-order valence-electron chi connectivity index (χ2n) is 3.94. The summed E-state index contributed by atoms with van der Waals surface area (Å²) in [5, 5.41) is 6.58. The van der Waals surface area contributed by atoms with Crippen molar-refractivity contribution in [2.24, 2.45) is 0 Å². The summed E-state index contributed by atoms with van der Waals surface area (Å²) in [6.45, 7) is 6.14. The van der Waals surface area contributed by atoms with E-state index in [9.17, 15) is 0 Å². The first-order chi connectivity index (χ1) is 8.35. The highest BCUT2D eigenvalue weighted by atomic mass is 32.1. The van der Waals surface area contributed by atoms with Crippen molar-refractivity contribution < 1.29 is 0 Å². The molecule has 1 heterocycles. The summed E-state index contributed by atoms with van der Waals surface area (Å²) in [6.07, 6.45) is 1.05. The average molecular weight is 246 g/mol. The van der Waals surface area contributed by atoms with E-state index in [1.807, 2.05) is 0 Å². The Morgan fingerprint density at radius 1 is 1.24 bits per heavy atom. The van der Waals surface area contributed by atoms with E-state index in [1.54, 1.807) is 11.3 Å². The summed E-state index contributed by atoms with van der Waals surface area (Å²) in [6, 6.07) is 8.52. The van der Waals surface area contributed by atoms with Crippen LogP contribution in [0.5, 0.6) is 0 Å². The topological polar surface area (TPSA) is 24.9 Å². The fourth-order valence-corrected chi connectivity index (χ4v) is 2.68. The summed E-state index contributed by atoms with van der Waals surface area (Å²) < 4.78 is 0. The lowest BCUT2D eigenvalue weighted by Crippen LogP contribution is -2.11. The van der Waals surface area contributed by atoms with Crippen molar-refractivity contribution in [1.82, 2.24) is 10.3 Å². The minimum atomic E-state index is 0.862. The van der Waals surface area contributed by atoms with Crippen LogP contribution < -0.4 is 5.32 Å². The van der Waals surface area contributed by atoms with Crippen LogP contribution in [0.2, 0.25) is 0 Å². The van der Waals surface area contributed by atoms with E-state index in [1.165, 1.54) is 11.1 Å². The Morgan fingerprint density at radius 3 is 2.82 bits per heavy atom. The van der Waals surface area contributed by atoms with Crippen LogP contribution in [0.4, 0.5) is 0 Å². The van der Waals surface area contributed by atoms with E-state index in [2.05, 4.69) is 53.8 Å². The van der Waals surface area contributed by atoms with Crippen LogP contribution in [0.3, 0.4) is 0 Å². The number of nitrogens with one attached hydrogen (secondary N) is 1. The monoisotopic (exact) mass is 246 g/mol. The third-order valence-electron chi connectivity index (χ3n) is 2.74. The molecule has 0 amide bonds. The lowest BCUT2D eigenvalue weighted by atomic mass is 10.1. The quantitative estimate of drug-likeness (QED) is 0.873. The summed E-state index contributed by atoms with van der Waals surface area (Å²) in [4.78, 5) is 4.68. The maximum atomic E-state index is 4.68. The van der Waals surface area contributed by atoms with Gasteiger partial charge in [-0.3, -0.25) is 0 Å². The molecule has 0 aliphatic carbocycles. The zero-order valence-corrected chi connectivity index (χ0v) is 11.2. The van der Waals surface area contributed by atoms with Crippen molar-refractivity contribution >= 4 is 11.3 Å². The van der Waals surface area contributed by atoms with E-state index in [0.717, 1.165) is 30.2 Å². The van der Waals surface area contributed by atoms with E-state index >= 15 is 0 Å². The van der Waals surface area contributed by atoms with Crippen LogP contribution in [0.25, 0.3) is 10.6 Å². The fraction of sp³-hybridized carbons (Fsp3) is 0.357. The first kappa shape index (κ1) is 12.3. The molecular weight excluding hydrogens is 228 g/mol. The van der Waals surface area contributed by atoms with Gasteiger partial charge in [-0.05, 0) is 18.5 Å². The second kappa shape index (κ2) is 5.94. The average Bonchev–Trinajstić information content (AvgIpc) is 2.85. The van der Waals surface area contributed by atoms with Gasteiger partial charge in [0.1, 0.15) is 5.01 Å². The zero-order valence-electron chi connectivity index (χ0n) is 10.4. The van der Waals surface area contributed by atoms with Gasteiger partial charge in [0.15, 0.2) is 0 Å². The molecule has 2 rings (SSSR count). The first-order valence-corrected chi connectivity index (χ1v) is 6.96. The summed E-state index contributed by atoms with van der Waals surface area (Å²) in [7, 11) is 0. The Kier molecular flexibility index (Phi) is 4.29. The number of thiazole rings is 1. The van der Waals surface area contributed by atoms with Crippen LogP contribution in [-0.4, -0.2) is 11.5 Å². The van der Waals surface area contributed by atoms with Crippen LogP contribution in [0.1, 0.15) is 25.1 Å². The van der Waals surface area contributed by atoms with Crippen molar-refractivity contribution in [3.8, 4) is 10.6 Å². The molecule has 0 bridgehead atoms. The first-order valence-electron chi connectivity index (χ1n) is 6.08. The van der Waals surface area contributed by atoms with Gasteiger partial charge in [0.2, 0.25) is 0 Å². The van der Waals surface area contributed by atoms with Crippen molar-refractivity contribution in [2.75, 3.05) is 6.54 Å². The van der Waals surface area contributed by atoms with E-state index in [-0.39, 0.29) is 0 Å². The largest absolute Gasteiger partial charge is 0.311 e. The fourth-order valence-electron chi connectivity index (χ4n) is 1.80. The van der Waals surface area contributed by atoms with E-state index in [4.69, 9.17) is 0 Å². The zero-order chi connectivity index (χ0) is 12.1. The number of rotatable bonds is 5. The Labute approximate surface area is 107 Å². The predicted molar refractivity (Wildman–Crippen MR) is 74.3 cm³/mol. The van der Waals surface area contributed by atoms with Gasteiger partial charge in [-0.1, -0.05) is 38.1 Å². The van der Waals surface area contributed by atoms with Gasteiger partial charge in [0.25, 0.3) is 0 Å². The second-order valence-corrected chi connectivity index (χ2v) is 4.79. The van der Waals surface area contributed by atoms with Gasteiger partial charge in [-0.15, -0.1) is 11.3 Å². The molecule has 0 unspecified atom stereocenters. The highest BCUT2D eigenvalue weighted by molar-refractivity contribution is 7.13. The SMILES string of the molecule is CCNCc1csc(-c2ccccc2CC)n1. The lowest BCUT2D eigenvalue weighted by molar-refractivity contribution is 0.715. The van der Waals surface area contributed by atoms with E-state index < -0.39 is 0 Å². The molecule has 90 valence electrons. The van der Waals surface area contributed by atoms with Crippen molar-refractivity contribution in [3.05, 3.63) is 40.9 Å². The van der Waals surface area contributed by atoms with Gasteiger partial charge in [0.05, 0.1) is 5.69 Å². The van der Waals surface area contributed by atoms with Crippen molar-refractivity contribution in [2.45, 2.75) is 26.8 Å². The molecule has 3 heteroatoms. The molecule has 2 aromatic rings. The van der Waals surface area contributed by atoms with Crippen LogP contribution in [0.15, 0.2) is 29.6 Å². The van der Waals surface area contributed by atoms with Crippen LogP contribution in [-0.2, 0) is 13.0 Å². The predicted octanol–water partition coefficient (Wildman–Crippen LogP) is 3.48. The molecule has 0 aliphatic rings. The maximum absolute atomic E-state index is 4.68. The van der Waals surface area contributed by atoms with Gasteiger partial charge in [0, 0.05) is 17.5 Å². The maximum Gasteiger partial charge on any atom is 0.123 e. The minimum Gasteiger partial charge on any atom is -0.311 e. The molecule has 0 atom stereocenters. The molecule has 1 aromatic carbocycles. The number of hydrogen-bond donors (Lipinski definition) is 1. The third-order valence-corrected chi connectivity index (χ3v) is 3.66. The Hall–Kier alpha value is -1.19.